The smallest absolute Gasteiger partial charge is 0.246 e. The van der Waals surface area contributed by atoms with Gasteiger partial charge in [0.2, 0.25) is 17.7 Å². The average Bonchev–Trinajstić information content (AvgIpc) is 2.92. The van der Waals surface area contributed by atoms with Crippen molar-refractivity contribution in [2.24, 2.45) is 5.73 Å². The number of nitrogens with two attached hydrogens (primary N) is 1. The van der Waals surface area contributed by atoms with E-state index in [1.54, 1.807) is 27.2 Å². The maximum atomic E-state index is 14.1. The SMILES string of the molecule is CNC(=O)[C@@H](Cc1ccccc1)N(C)C(=O)[C@@H](Cc1ccc2ccccc2c1)N(C)C(=O)C=CCC(C)(C)N. The molecule has 0 fully saturated rings. The van der Waals surface area contributed by atoms with Crippen LogP contribution in [0.3, 0.4) is 0 Å². The molecule has 0 heterocycles. The quantitative estimate of drug-likeness (QED) is 0.371. The lowest BCUT2D eigenvalue weighted by Crippen LogP contribution is -2.55. The van der Waals surface area contributed by atoms with Gasteiger partial charge in [-0.3, -0.25) is 14.4 Å². The maximum absolute atomic E-state index is 14.1. The molecule has 0 radical (unpaired) electrons. The van der Waals surface area contributed by atoms with Crippen molar-refractivity contribution in [2.45, 2.75) is 50.7 Å². The summed E-state index contributed by atoms with van der Waals surface area (Å²) in [7, 11) is 4.82. The predicted molar refractivity (Wildman–Crippen MR) is 157 cm³/mol. The van der Waals surface area contributed by atoms with Gasteiger partial charge < -0.3 is 20.9 Å². The first-order valence-electron chi connectivity index (χ1n) is 13.2. The van der Waals surface area contributed by atoms with Crippen LogP contribution in [0.4, 0.5) is 0 Å². The van der Waals surface area contributed by atoms with Crippen molar-refractivity contribution < 1.29 is 14.4 Å². The van der Waals surface area contributed by atoms with E-state index in [-0.39, 0.29) is 17.7 Å². The first-order valence-corrected chi connectivity index (χ1v) is 13.2. The van der Waals surface area contributed by atoms with E-state index < -0.39 is 17.6 Å². The number of likely N-dealkylation sites (N-methyl/N-ethyl adjacent to an activating group) is 3. The van der Waals surface area contributed by atoms with Crippen LogP contribution in [0, 0.1) is 0 Å². The van der Waals surface area contributed by atoms with Gasteiger partial charge in [-0.1, -0.05) is 78.9 Å². The second kappa shape index (κ2) is 13.2. The first kappa shape index (κ1) is 29.6. The van der Waals surface area contributed by atoms with E-state index in [2.05, 4.69) is 5.32 Å². The number of nitrogens with zero attached hydrogens (tertiary/aromatic N) is 2. The maximum Gasteiger partial charge on any atom is 0.246 e. The highest BCUT2D eigenvalue weighted by Gasteiger charge is 2.34. The molecule has 0 unspecified atom stereocenters. The van der Waals surface area contributed by atoms with Gasteiger partial charge in [0.1, 0.15) is 12.1 Å². The highest BCUT2D eigenvalue weighted by Crippen LogP contribution is 2.20. The van der Waals surface area contributed by atoms with Crippen LogP contribution in [0.25, 0.3) is 10.8 Å². The minimum Gasteiger partial charge on any atom is -0.357 e. The van der Waals surface area contributed by atoms with E-state index in [4.69, 9.17) is 5.73 Å². The summed E-state index contributed by atoms with van der Waals surface area (Å²) < 4.78 is 0. The summed E-state index contributed by atoms with van der Waals surface area (Å²) >= 11 is 0. The third-order valence-electron chi connectivity index (χ3n) is 6.88. The summed E-state index contributed by atoms with van der Waals surface area (Å²) in [5, 5.41) is 4.84. The minimum atomic E-state index is -0.817. The summed E-state index contributed by atoms with van der Waals surface area (Å²) in [5.41, 5.74) is 7.47. The molecule has 39 heavy (non-hydrogen) atoms. The third-order valence-corrected chi connectivity index (χ3v) is 6.88. The number of benzene rings is 3. The van der Waals surface area contributed by atoms with E-state index >= 15 is 0 Å². The van der Waals surface area contributed by atoms with E-state index in [0.717, 1.165) is 21.9 Å². The predicted octanol–water partition coefficient (Wildman–Crippen LogP) is 3.71. The van der Waals surface area contributed by atoms with Gasteiger partial charge >= 0.3 is 0 Å². The molecule has 0 spiro atoms. The summed E-state index contributed by atoms with van der Waals surface area (Å²) in [6, 6.07) is 22.1. The number of carbonyl (C=O) groups excluding carboxylic acids is 3. The molecule has 3 N–H and O–H groups in total. The second-order valence-electron chi connectivity index (χ2n) is 10.7. The Balaban J connectivity index is 1.93. The lowest BCUT2D eigenvalue weighted by molar-refractivity contribution is -0.146. The van der Waals surface area contributed by atoms with Gasteiger partial charge in [0.05, 0.1) is 0 Å². The van der Waals surface area contributed by atoms with Crippen molar-refractivity contribution in [3.8, 4) is 0 Å². The number of amides is 3. The molecule has 2 atom stereocenters. The zero-order valence-electron chi connectivity index (χ0n) is 23.6. The van der Waals surface area contributed by atoms with Crippen LogP contribution in [0.5, 0.6) is 0 Å². The molecular weight excluding hydrogens is 488 g/mol. The topological polar surface area (TPSA) is 95.7 Å². The van der Waals surface area contributed by atoms with Crippen LogP contribution < -0.4 is 11.1 Å². The summed E-state index contributed by atoms with van der Waals surface area (Å²) in [6.07, 6.45) is 4.39. The molecule has 0 aliphatic carbocycles. The molecule has 0 saturated heterocycles. The van der Waals surface area contributed by atoms with Gasteiger partial charge in [-0.15, -0.1) is 0 Å². The van der Waals surface area contributed by atoms with Gasteiger partial charge in [-0.25, -0.2) is 0 Å². The van der Waals surface area contributed by atoms with Crippen LogP contribution in [0.15, 0.2) is 84.9 Å². The molecule has 3 aromatic rings. The van der Waals surface area contributed by atoms with Gasteiger partial charge in [-0.05, 0) is 48.2 Å². The van der Waals surface area contributed by atoms with Gasteiger partial charge in [-0.2, -0.15) is 0 Å². The Hall–Kier alpha value is -3.97. The monoisotopic (exact) mass is 528 g/mol. The van der Waals surface area contributed by atoms with Crippen molar-refractivity contribution in [1.29, 1.82) is 0 Å². The molecule has 3 aromatic carbocycles. The molecule has 3 rings (SSSR count). The van der Waals surface area contributed by atoms with E-state index in [1.165, 1.54) is 15.9 Å². The fourth-order valence-corrected chi connectivity index (χ4v) is 4.51. The van der Waals surface area contributed by atoms with E-state index in [9.17, 15) is 14.4 Å². The molecule has 0 bridgehead atoms. The summed E-state index contributed by atoms with van der Waals surface area (Å²) in [4.78, 5) is 43.1. The van der Waals surface area contributed by atoms with Crippen LogP contribution in [0.2, 0.25) is 0 Å². The highest BCUT2D eigenvalue weighted by atomic mass is 16.2. The first-order chi connectivity index (χ1) is 18.5. The number of rotatable bonds is 11. The van der Waals surface area contributed by atoms with Crippen molar-refractivity contribution in [1.82, 2.24) is 15.1 Å². The van der Waals surface area contributed by atoms with Gasteiger partial charge in [0, 0.05) is 39.5 Å². The highest BCUT2D eigenvalue weighted by molar-refractivity contribution is 5.95. The van der Waals surface area contributed by atoms with Crippen LogP contribution in [-0.4, -0.2) is 66.3 Å². The molecule has 0 aliphatic rings. The molecule has 7 heteroatoms. The molecule has 7 nitrogen and oxygen atoms in total. The minimum absolute atomic E-state index is 0.266. The Labute approximate surface area is 231 Å². The molecule has 3 amide bonds. The third kappa shape index (κ3) is 8.26. The molecule has 0 aliphatic heterocycles. The molecule has 206 valence electrons. The average molecular weight is 529 g/mol. The number of hydrogen-bond donors (Lipinski definition) is 2. The second-order valence-corrected chi connectivity index (χ2v) is 10.7. The Morgan fingerprint density at radius 1 is 0.846 bits per heavy atom. The van der Waals surface area contributed by atoms with Gasteiger partial charge in [0.25, 0.3) is 0 Å². The molecule has 0 saturated carbocycles. The lowest BCUT2D eigenvalue weighted by atomic mass is 9.98. The van der Waals surface area contributed by atoms with E-state index in [0.29, 0.717) is 19.3 Å². The van der Waals surface area contributed by atoms with Crippen LogP contribution in [0.1, 0.15) is 31.4 Å². The Kier molecular flexibility index (Phi) is 10.0. The molecule has 0 aromatic heterocycles. The summed E-state index contributed by atoms with van der Waals surface area (Å²) in [6.45, 7) is 3.77. The molecular formula is C32H40N4O3. The standard InChI is InChI=1S/C32H40N4O3/c1-32(2,33)19-11-16-29(37)35(4)28(22-24-17-18-25-14-9-10-15-26(25)20-24)31(39)36(5)27(30(38)34-3)21-23-12-7-6-8-13-23/h6-18,20,27-28H,19,21-22,33H2,1-5H3,(H,34,38)/t27-,28-/m1/s1. The van der Waals surface area contributed by atoms with Crippen molar-refractivity contribution in [2.75, 3.05) is 21.1 Å². The largest absolute Gasteiger partial charge is 0.357 e. The van der Waals surface area contributed by atoms with Crippen LogP contribution >= 0.6 is 0 Å². The van der Waals surface area contributed by atoms with Crippen LogP contribution in [-0.2, 0) is 27.2 Å². The number of hydrogen-bond acceptors (Lipinski definition) is 4. The van der Waals surface area contributed by atoms with Crippen molar-refractivity contribution >= 4 is 28.5 Å². The fourth-order valence-electron chi connectivity index (χ4n) is 4.51. The Morgan fingerprint density at radius 3 is 2.10 bits per heavy atom. The van der Waals surface area contributed by atoms with Crippen molar-refractivity contribution in [3.05, 3.63) is 96.1 Å². The lowest BCUT2D eigenvalue weighted by Gasteiger charge is -2.34. The van der Waals surface area contributed by atoms with E-state index in [1.807, 2.05) is 86.6 Å². The number of carbonyl (C=O) groups is 3. The number of fused-ring (bicyclic) bond motifs is 1. The zero-order valence-corrected chi connectivity index (χ0v) is 23.6. The zero-order chi connectivity index (χ0) is 28.6. The summed E-state index contributed by atoms with van der Waals surface area (Å²) in [5.74, 6) is -0.874. The van der Waals surface area contributed by atoms with Gasteiger partial charge in [0.15, 0.2) is 0 Å². The fraction of sp³-hybridized carbons (Fsp3) is 0.344. The Morgan fingerprint density at radius 2 is 1.46 bits per heavy atom. The Bertz CT molecular complexity index is 1310. The number of nitrogens with one attached hydrogen (secondary N) is 1. The normalized spacial score (nSPS) is 13.2. The van der Waals surface area contributed by atoms with Crippen molar-refractivity contribution in [3.63, 3.8) is 0 Å².